The van der Waals surface area contributed by atoms with E-state index in [0.717, 1.165) is 22.9 Å². The van der Waals surface area contributed by atoms with Crippen molar-refractivity contribution >= 4 is 27.5 Å². The molecule has 0 saturated heterocycles. The summed E-state index contributed by atoms with van der Waals surface area (Å²) < 4.78 is 6.01. The summed E-state index contributed by atoms with van der Waals surface area (Å²) in [6, 6.07) is 7.93. The van der Waals surface area contributed by atoms with Crippen LogP contribution in [0, 0.1) is 5.92 Å². The number of alkyl halides is 1. The van der Waals surface area contributed by atoms with Gasteiger partial charge in [0.2, 0.25) is 0 Å². The minimum atomic E-state index is 0.146. The Kier molecular flexibility index (Phi) is 5.33. The van der Waals surface area contributed by atoms with Gasteiger partial charge in [-0.05, 0) is 36.5 Å². The lowest BCUT2D eigenvalue weighted by atomic mass is 10.1. The highest BCUT2D eigenvalue weighted by molar-refractivity contribution is 9.09. The van der Waals surface area contributed by atoms with E-state index in [1.165, 1.54) is 31.2 Å². The molecule has 1 nitrogen and oxygen atoms in total. The fraction of sp³-hybridized carbons (Fsp3) is 0.571. The van der Waals surface area contributed by atoms with Crippen LogP contribution < -0.4 is 0 Å². The monoisotopic (exact) mass is 316 g/mol. The highest BCUT2D eigenvalue weighted by Crippen LogP contribution is 2.28. The third-order valence-corrected chi connectivity index (χ3v) is 4.23. The van der Waals surface area contributed by atoms with Gasteiger partial charge < -0.3 is 4.74 Å². The minimum Gasteiger partial charge on any atom is -0.372 e. The Morgan fingerprint density at radius 3 is 2.47 bits per heavy atom. The lowest BCUT2D eigenvalue weighted by molar-refractivity contribution is 0.0444. The maximum absolute atomic E-state index is 6.01. The van der Waals surface area contributed by atoms with Crippen molar-refractivity contribution < 1.29 is 4.74 Å². The molecule has 0 N–H and O–H groups in total. The second-order valence-electron chi connectivity index (χ2n) is 4.68. The first-order valence-corrected chi connectivity index (χ1v) is 7.72. The van der Waals surface area contributed by atoms with E-state index in [9.17, 15) is 0 Å². The number of rotatable bonds is 5. The van der Waals surface area contributed by atoms with E-state index in [0.29, 0.717) is 0 Å². The van der Waals surface area contributed by atoms with Crippen LogP contribution in [0.25, 0.3) is 0 Å². The predicted octanol–water partition coefficient (Wildman–Crippen LogP) is 4.98. The Hall–Kier alpha value is -0.0500. The van der Waals surface area contributed by atoms with Gasteiger partial charge in [0, 0.05) is 10.4 Å². The summed E-state index contributed by atoms with van der Waals surface area (Å²) in [4.78, 5) is 0. The lowest BCUT2D eigenvalue weighted by Crippen LogP contribution is -2.12. The van der Waals surface area contributed by atoms with E-state index in [1.54, 1.807) is 0 Å². The summed E-state index contributed by atoms with van der Waals surface area (Å²) in [5, 5.41) is 1.61. The standard InChI is InChI=1S/C14H18BrClO/c15-9-14(12-5-7-13(16)8-6-12)17-10-11-3-1-2-4-11/h5-8,11,14H,1-4,9-10H2. The second kappa shape index (κ2) is 6.77. The molecular formula is C14H18BrClO. The van der Waals surface area contributed by atoms with Crippen molar-refractivity contribution in [3.63, 3.8) is 0 Å². The van der Waals surface area contributed by atoms with Gasteiger partial charge >= 0.3 is 0 Å². The molecule has 1 aliphatic rings. The molecule has 1 fully saturated rings. The normalized spacial score (nSPS) is 18.5. The molecule has 2 rings (SSSR count). The van der Waals surface area contributed by atoms with Crippen LogP contribution in [0.5, 0.6) is 0 Å². The van der Waals surface area contributed by atoms with Gasteiger partial charge in [-0.15, -0.1) is 0 Å². The van der Waals surface area contributed by atoms with Crippen LogP contribution in [0.1, 0.15) is 37.4 Å². The molecule has 0 bridgehead atoms. The molecule has 1 saturated carbocycles. The van der Waals surface area contributed by atoms with Gasteiger partial charge in [0.1, 0.15) is 0 Å². The molecule has 1 aliphatic carbocycles. The van der Waals surface area contributed by atoms with Crippen LogP contribution in [0.3, 0.4) is 0 Å². The van der Waals surface area contributed by atoms with E-state index in [-0.39, 0.29) is 6.10 Å². The molecule has 94 valence electrons. The van der Waals surface area contributed by atoms with E-state index in [4.69, 9.17) is 16.3 Å². The third-order valence-electron chi connectivity index (χ3n) is 3.39. The van der Waals surface area contributed by atoms with Crippen LogP contribution in [0.4, 0.5) is 0 Å². The zero-order chi connectivity index (χ0) is 12.1. The first kappa shape index (κ1) is 13.4. The van der Waals surface area contributed by atoms with Crippen LogP contribution in [0.15, 0.2) is 24.3 Å². The molecule has 0 aromatic heterocycles. The molecule has 1 unspecified atom stereocenters. The first-order chi connectivity index (χ1) is 8.29. The average molecular weight is 318 g/mol. The maximum atomic E-state index is 6.01. The van der Waals surface area contributed by atoms with Crippen LogP contribution in [-0.2, 0) is 4.74 Å². The molecule has 0 aliphatic heterocycles. The van der Waals surface area contributed by atoms with Gasteiger partial charge in [-0.25, -0.2) is 0 Å². The van der Waals surface area contributed by atoms with Gasteiger partial charge in [-0.3, -0.25) is 0 Å². The minimum absolute atomic E-state index is 0.146. The Morgan fingerprint density at radius 2 is 1.88 bits per heavy atom. The van der Waals surface area contributed by atoms with Crippen molar-refractivity contribution in [2.75, 3.05) is 11.9 Å². The average Bonchev–Trinajstić information content (AvgIpc) is 2.85. The largest absolute Gasteiger partial charge is 0.372 e. The Labute approximate surface area is 117 Å². The van der Waals surface area contributed by atoms with Gasteiger partial charge in [0.25, 0.3) is 0 Å². The smallest absolute Gasteiger partial charge is 0.0921 e. The quantitative estimate of drug-likeness (QED) is 0.696. The molecule has 17 heavy (non-hydrogen) atoms. The van der Waals surface area contributed by atoms with E-state index in [2.05, 4.69) is 15.9 Å². The van der Waals surface area contributed by atoms with Crippen LogP contribution in [-0.4, -0.2) is 11.9 Å². The molecule has 3 heteroatoms. The number of benzene rings is 1. The SMILES string of the molecule is Clc1ccc(C(CBr)OCC2CCCC2)cc1. The van der Waals surface area contributed by atoms with Crippen molar-refractivity contribution in [2.24, 2.45) is 5.92 Å². The topological polar surface area (TPSA) is 9.23 Å². The summed E-state index contributed by atoms with van der Waals surface area (Å²) in [6.07, 6.45) is 5.54. The van der Waals surface area contributed by atoms with Crippen molar-refractivity contribution in [3.8, 4) is 0 Å². The van der Waals surface area contributed by atoms with Crippen molar-refractivity contribution in [1.29, 1.82) is 0 Å². The Morgan fingerprint density at radius 1 is 1.24 bits per heavy atom. The Bertz CT molecular complexity index is 333. The fourth-order valence-corrected chi connectivity index (χ4v) is 3.02. The molecular weight excluding hydrogens is 300 g/mol. The molecule has 0 amide bonds. The molecule has 1 aromatic carbocycles. The highest BCUT2D eigenvalue weighted by Gasteiger charge is 2.18. The van der Waals surface area contributed by atoms with Gasteiger partial charge in [0.15, 0.2) is 0 Å². The number of hydrogen-bond acceptors (Lipinski definition) is 1. The molecule has 1 atom stereocenters. The molecule has 0 spiro atoms. The van der Waals surface area contributed by atoms with Crippen molar-refractivity contribution in [3.05, 3.63) is 34.9 Å². The van der Waals surface area contributed by atoms with Crippen molar-refractivity contribution in [2.45, 2.75) is 31.8 Å². The maximum Gasteiger partial charge on any atom is 0.0921 e. The van der Waals surface area contributed by atoms with Crippen LogP contribution in [0.2, 0.25) is 5.02 Å². The predicted molar refractivity (Wildman–Crippen MR) is 75.9 cm³/mol. The molecule has 0 heterocycles. The van der Waals surface area contributed by atoms with Gasteiger partial charge in [-0.2, -0.15) is 0 Å². The summed E-state index contributed by atoms with van der Waals surface area (Å²) in [5.74, 6) is 0.767. The van der Waals surface area contributed by atoms with Gasteiger partial charge in [0.05, 0.1) is 12.7 Å². The zero-order valence-electron chi connectivity index (χ0n) is 9.87. The van der Waals surface area contributed by atoms with E-state index in [1.807, 2.05) is 24.3 Å². The fourth-order valence-electron chi connectivity index (χ4n) is 2.34. The lowest BCUT2D eigenvalue weighted by Gasteiger charge is -2.18. The summed E-state index contributed by atoms with van der Waals surface area (Å²) in [6.45, 7) is 0.888. The summed E-state index contributed by atoms with van der Waals surface area (Å²) in [7, 11) is 0. The Balaban J connectivity index is 1.89. The van der Waals surface area contributed by atoms with E-state index < -0.39 is 0 Å². The first-order valence-electron chi connectivity index (χ1n) is 6.22. The number of ether oxygens (including phenoxy) is 1. The third kappa shape index (κ3) is 3.97. The van der Waals surface area contributed by atoms with Gasteiger partial charge in [-0.1, -0.05) is 52.5 Å². The zero-order valence-corrected chi connectivity index (χ0v) is 12.2. The second-order valence-corrected chi connectivity index (χ2v) is 5.76. The number of hydrogen-bond donors (Lipinski definition) is 0. The molecule has 0 radical (unpaired) electrons. The molecule has 1 aromatic rings. The summed E-state index contributed by atoms with van der Waals surface area (Å²) >= 11 is 9.41. The number of halogens is 2. The summed E-state index contributed by atoms with van der Waals surface area (Å²) in [5.41, 5.74) is 1.20. The van der Waals surface area contributed by atoms with Crippen molar-refractivity contribution in [1.82, 2.24) is 0 Å². The van der Waals surface area contributed by atoms with Crippen LogP contribution >= 0.6 is 27.5 Å². The highest BCUT2D eigenvalue weighted by atomic mass is 79.9. The van der Waals surface area contributed by atoms with E-state index >= 15 is 0 Å².